The van der Waals surface area contributed by atoms with Gasteiger partial charge in [-0.15, -0.1) is 0 Å². The van der Waals surface area contributed by atoms with E-state index in [2.05, 4.69) is 0 Å². The third-order valence-electron chi connectivity index (χ3n) is 4.45. The van der Waals surface area contributed by atoms with Gasteiger partial charge in [0, 0.05) is 13.1 Å². The minimum Gasteiger partial charge on any atom is -0.340 e. The quantitative estimate of drug-likeness (QED) is 0.706. The van der Waals surface area contributed by atoms with Crippen molar-refractivity contribution in [2.45, 2.75) is 12.5 Å². The van der Waals surface area contributed by atoms with Crippen molar-refractivity contribution in [2.75, 3.05) is 25.1 Å². The molecule has 1 aromatic rings. The zero-order valence-electron chi connectivity index (χ0n) is 13.2. The Labute approximate surface area is 154 Å². The molecule has 0 spiro atoms. The summed E-state index contributed by atoms with van der Waals surface area (Å²) in [5, 5.41) is 0.283. The summed E-state index contributed by atoms with van der Waals surface area (Å²) >= 11 is 11.8. The molecular formula is C15H14Cl2N2O5S. The number of hydrogen-bond acceptors (Lipinski definition) is 5. The third-order valence-corrected chi connectivity index (χ3v) is 6.93. The average molecular weight is 405 g/mol. The van der Waals surface area contributed by atoms with E-state index in [0.29, 0.717) is 6.42 Å². The summed E-state index contributed by atoms with van der Waals surface area (Å²) < 4.78 is 23.1. The predicted octanol–water partition coefficient (Wildman–Crippen LogP) is 1.23. The second-order valence-electron chi connectivity index (χ2n) is 6.07. The number of rotatable bonds is 3. The molecule has 0 saturated carbocycles. The number of hydrogen-bond donors (Lipinski definition) is 0. The molecular weight excluding hydrogens is 391 g/mol. The summed E-state index contributed by atoms with van der Waals surface area (Å²) in [4.78, 5) is 39.3. The van der Waals surface area contributed by atoms with Gasteiger partial charge < -0.3 is 4.90 Å². The first-order valence-corrected chi connectivity index (χ1v) is 10.00. The van der Waals surface area contributed by atoms with Crippen LogP contribution < -0.4 is 0 Å². The van der Waals surface area contributed by atoms with Gasteiger partial charge in [-0.2, -0.15) is 0 Å². The van der Waals surface area contributed by atoms with Crippen molar-refractivity contribution in [1.82, 2.24) is 9.80 Å². The Morgan fingerprint density at radius 3 is 2.16 bits per heavy atom. The average Bonchev–Trinajstić information content (AvgIpc) is 3.01. The summed E-state index contributed by atoms with van der Waals surface area (Å²) in [6.45, 7) is -0.464. The fourth-order valence-electron chi connectivity index (χ4n) is 2.96. The summed E-state index contributed by atoms with van der Waals surface area (Å²) in [6.07, 6.45) is 0.345. The number of imide groups is 1. The number of amides is 3. The lowest BCUT2D eigenvalue weighted by molar-refractivity contribution is -0.131. The zero-order chi connectivity index (χ0) is 18.5. The van der Waals surface area contributed by atoms with Gasteiger partial charge in [0.1, 0.15) is 6.54 Å². The van der Waals surface area contributed by atoms with Crippen LogP contribution in [0.5, 0.6) is 0 Å². The molecule has 0 radical (unpaired) electrons. The van der Waals surface area contributed by atoms with E-state index in [1.54, 1.807) is 0 Å². The zero-order valence-corrected chi connectivity index (χ0v) is 15.5. The molecule has 3 rings (SSSR count). The van der Waals surface area contributed by atoms with E-state index >= 15 is 0 Å². The topological polar surface area (TPSA) is 91.8 Å². The normalized spacial score (nSPS) is 21.6. The van der Waals surface area contributed by atoms with E-state index in [4.69, 9.17) is 23.2 Å². The van der Waals surface area contributed by atoms with E-state index in [1.807, 2.05) is 0 Å². The molecule has 10 heteroatoms. The Bertz CT molecular complexity index is 858. The SMILES string of the molecule is CN(C(=O)CN1C(=O)c2cc(Cl)c(Cl)cc2C1=O)[C@@H]1CCS(=O)(=O)C1. The van der Waals surface area contributed by atoms with Gasteiger partial charge in [-0.3, -0.25) is 19.3 Å². The molecule has 0 aliphatic carbocycles. The molecule has 1 saturated heterocycles. The molecule has 3 amide bonds. The summed E-state index contributed by atoms with van der Waals surface area (Å²) in [5.41, 5.74) is 0.191. The van der Waals surface area contributed by atoms with Gasteiger partial charge >= 0.3 is 0 Å². The Morgan fingerprint density at radius 1 is 1.20 bits per heavy atom. The Hall–Kier alpha value is -1.64. The minimum absolute atomic E-state index is 0.0271. The predicted molar refractivity (Wildman–Crippen MR) is 91.7 cm³/mol. The van der Waals surface area contributed by atoms with Gasteiger partial charge in [-0.1, -0.05) is 23.2 Å². The van der Waals surface area contributed by atoms with E-state index < -0.39 is 40.1 Å². The highest BCUT2D eigenvalue weighted by atomic mass is 35.5. The van der Waals surface area contributed by atoms with Gasteiger partial charge in [-0.05, 0) is 18.6 Å². The van der Waals surface area contributed by atoms with Crippen molar-refractivity contribution in [3.8, 4) is 0 Å². The number of carbonyl (C=O) groups is 3. The summed E-state index contributed by atoms with van der Waals surface area (Å²) in [7, 11) is -1.67. The van der Waals surface area contributed by atoms with Crippen LogP contribution in [0.2, 0.25) is 10.0 Å². The fourth-order valence-corrected chi connectivity index (χ4v) is 5.06. The molecule has 1 aromatic carbocycles. The summed E-state index contributed by atoms with van der Waals surface area (Å²) in [6, 6.07) is 2.16. The highest BCUT2D eigenvalue weighted by Gasteiger charge is 2.39. The van der Waals surface area contributed by atoms with Crippen molar-refractivity contribution in [3.63, 3.8) is 0 Å². The smallest absolute Gasteiger partial charge is 0.262 e. The van der Waals surface area contributed by atoms with Crippen molar-refractivity contribution < 1.29 is 22.8 Å². The summed E-state index contributed by atoms with van der Waals surface area (Å²) in [5.74, 6) is -1.84. The fraction of sp³-hybridized carbons (Fsp3) is 0.400. The van der Waals surface area contributed by atoms with Crippen molar-refractivity contribution in [2.24, 2.45) is 0 Å². The Balaban J connectivity index is 1.76. The Kier molecular flexibility index (Phi) is 4.55. The maximum atomic E-state index is 12.4. The molecule has 0 unspecified atom stereocenters. The van der Waals surface area contributed by atoms with Crippen LogP contribution in [-0.2, 0) is 14.6 Å². The largest absolute Gasteiger partial charge is 0.340 e. The monoisotopic (exact) mass is 404 g/mol. The molecule has 2 heterocycles. The van der Waals surface area contributed by atoms with Crippen LogP contribution in [-0.4, -0.2) is 67.1 Å². The first kappa shape index (κ1) is 18.2. The number of benzene rings is 1. The Morgan fingerprint density at radius 2 is 1.72 bits per heavy atom. The van der Waals surface area contributed by atoms with Crippen LogP contribution in [0, 0.1) is 0 Å². The van der Waals surface area contributed by atoms with Crippen LogP contribution in [0.4, 0.5) is 0 Å². The van der Waals surface area contributed by atoms with E-state index in [1.165, 1.54) is 24.1 Å². The molecule has 2 aliphatic rings. The number of nitrogens with zero attached hydrogens (tertiary/aromatic N) is 2. The maximum Gasteiger partial charge on any atom is 0.262 e. The number of halogens is 2. The molecule has 25 heavy (non-hydrogen) atoms. The molecule has 2 aliphatic heterocycles. The molecule has 0 N–H and O–H groups in total. The number of fused-ring (bicyclic) bond motifs is 1. The molecule has 134 valence electrons. The van der Waals surface area contributed by atoms with Gasteiger partial charge in [-0.25, -0.2) is 8.42 Å². The first-order chi connectivity index (χ1) is 11.6. The second-order valence-corrected chi connectivity index (χ2v) is 9.11. The van der Waals surface area contributed by atoms with Crippen LogP contribution in [0.15, 0.2) is 12.1 Å². The van der Waals surface area contributed by atoms with E-state index in [0.717, 1.165) is 4.90 Å². The highest BCUT2D eigenvalue weighted by Crippen LogP contribution is 2.31. The number of carbonyl (C=O) groups excluding carboxylic acids is 3. The standard InChI is InChI=1S/C15H14Cl2N2O5S/c1-18(8-2-3-25(23,24)7-8)13(20)6-19-14(21)9-4-11(16)12(17)5-10(9)15(19)22/h4-5,8H,2-3,6-7H2,1H3/t8-/m1/s1. The third kappa shape index (κ3) is 3.26. The second kappa shape index (κ2) is 6.26. The van der Waals surface area contributed by atoms with Crippen LogP contribution in [0.3, 0.4) is 0 Å². The van der Waals surface area contributed by atoms with E-state index in [-0.39, 0.29) is 32.7 Å². The lowest BCUT2D eigenvalue weighted by Crippen LogP contribution is -2.45. The first-order valence-electron chi connectivity index (χ1n) is 7.42. The van der Waals surface area contributed by atoms with Gasteiger partial charge in [0.25, 0.3) is 11.8 Å². The molecule has 0 bridgehead atoms. The van der Waals surface area contributed by atoms with Crippen molar-refractivity contribution >= 4 is 50.8 Å². The lowest BCUT2D eigenvalue weighted by Gasteiger charge is -2.25. The molecule has 1 fully saturated rings. The lowest BCUT2D eigenvalue weighted by atomic mass is 10.1. The highest BCUT2D eigenvalue weighted by molar-refractivity contribution is 7.91. The molecule has 0 aromatic heterocycles. The van der Waals surface area contributed by atoms with Gasteiger partial charge in [0.2, 0.25) is 5.91 Å². The van der Waals surface area contributed by atoms with Crippen molar-refractivity contribution in [1.29, 1.82) is 0 Å². The van der Waals surface area contributed by atoms with Gasteiger partial charge in [0.15, 0.2) is 9.84 Å². The van der Waals surface area contributed by atoms with Crippen LogP contribution >= 0.6 is 23.2 Å². The number of sulfone groups is 1. The molecule has 1 atom stereocenters. The minimum atomic E-state index is -3.15. The maximum absolute atomic E-state index is 12.4. The number of likely N-dealkylation sites (N-methyl/N-ethyl adjacent to an activating group) is 1. The van der Waals surface area contributed by atoms with E-state index in [9.17, 15) is 22.8 Å². The van der Waals surface area contributed by atoms with Crippen LogP contribution in [0.1, 0.15) is 27.1 Å². The van der Waals surface area contributed by atoms with Crippen LogP contribution in [0.25, 0.3) is 0 Å². The van der Waals surface area contributed by atoms with Gasteiger partial charge in [0.05, 0.1) is 32.7 Å². The molecule has 7 nitrogen and oxygen atoms in total. The van der Waals surface area contributed by atoms with Crippen molar-refractivity contribution in [3.05, 3.63) is 33.3 Å².